The summed E-state index contributed by atoms with van der Waals surface area (Å²) in [5.74, 6) is 2.27. The molecule has 1 amide bonds. The van der Waals surface area contributed by atoms with Gasteiger partial charge in [0.1, 0.15) is 17.8 Å². The fourth-order valence-corrected chi connectivity index (χ4v) is 4.61. The largest absolute Gasteiger partial charge is 0.356 e. The van der Waals surface area contributed by atoms with Crippen molar-refractivity contribution in [2.24, 2.45) is 18.9 Å². The average molecular weight is 420 g/mol. The van der Waals surface area contributed by atoms with Crippen LogP contribution < -0.4 is 10.5 Å². The first-order valence-corrected chi connectivity index (χ1v) is 10.3. The van der Waals surface area contributed by atoms with Gasteiger partial charge in [0.05, 0.1) is 5.69 Å². The molecule has 3 aromatic rings. The highest BCUT2D eigenvalue weighted by molar-refractivity contribution is 5.92. The van der Waals surface area contributed by atoms with Gasteiger partial charge < -0.3 is 9.80 Å². The quantitative estimate of drug-likeness (QED) is 0.611. The van der Waals surface area contributed by atoms with Crippen LogP contribution in [0.15, 0.2) is 35.4 Å². The first-order chi connectivity index (χ1) is 14.9. The van der Waals surface area contributed by atoms with E-state index < -0.39 is 0 Å². The molecule has 10 nitrogen and oxygen atoms in total. The van der Waals surface area contributed by atoms with E-state index in [0.29, 0.717) is 30.6 Å². The minimum Gasteiger partial charge on any atom is -0.356 e. The van der Waals surface area contributed by atoms with Crippen LogP contribution >= 0.6 is 0 Å². The van der Waals surface area contributed by atoms with Gasteiger partial charge in [-0.25, -0.2) is 19.3 Å². The van der Waals surface area contributed by atoms with Crippen molar-refractivity contribution < 1.29 is 4.79 Å². The number of amides is 1. The molecule has 2 fully saturated rings. The molecule has 5 rings (SSSR count). The van der Waals surface area contributed by atoms with Crippen LogP contribution in [0.2, 0.25) is 0 Å². The van der Waals surface area contributed by atoms with Crippen molar-refractivity contribution in [1.29, 1.82) is 0 Å². The van der Waals surface area contributed by atoms with Crippen LogP contribution in [0, 0.1) is 25.7 Å². The van der Waals surface area contributed by atoms with Crippen LogP contribution in [0.25, 0.3) is 5.82 Å². The smallest absolute Gasteiger partial charge is 0.274 e. The van der Waals surface area contributed by atoms with Gasteiger partial charge in [-0.15, -0.1) is 0 Å². The van der Waals surface area contributed by atoms with Gasteiger partial charge in [-0.1, -0.05) is 0 Å². The van der Waals surface area contributed by atoms with Crippen molar-refractivity contribution in [3.63, 3.8) is 0 Å². The van der Waals surface area contributed by atoms with Crippen molar-refractivity contribution in [3.8, 4) is 5.82 Å². The molecule has 0 bridgehead atoms. The van der Waals surface area contributed by atoms with E-state index in [2.05, 4.69) is 25.1 Å². The van der Waals surface area contributed by atoms with Crippen LogP contribution in [0.4, 0.5) is 5.82 Å². The summed E-state index contributed by atoms with van der Waals surface area (Å²) in [4.78, 5) is 37.3. The second kappa shape index (κ2) is 7.29. The van der Waals surface area contributed by atoms with E-state index in [1.54, 1.807) is 13.4 Å². The molecule has 2 atom stereocenters. The zero-order valence-corrected chi connectivity index (χ0v) is 17.8. The molecule has 160 valence electrons. The number of anilines is 1. The molecular weight excluding hydrogens is 396 g/mol. The van der Waals surface area contributed by atoms with Gasteiger partial charge in [-0.2, -0.15) is 10.2 Å². The van der Waals surface area contributed by atoms with Gasteiger partial charge in [-0.3, -0.25) is 9.59 Å². The fourth-order valence-electron chi connectivity index (χ4n) is 4.61. The van der Waals surface area contributed by atoms with Crippen molar-refractivity contribution in [1.82, 2.24) is 34.4 Å². The van der Waals surface area contributed by atoms with Crippen LogP contribution in [-0.2, 0) is 7.05 Å². The summed E-state index contributed by atoms with van der Waals surface area (Å²) >= 11 is 0. The number of hydrogen-bond acceptors (Lipinski definition) is 7. The lowest BCUT2D eigenvalue weighted by molar-refractivity contribution is 0.0774. The molecule has 0 saturated carbocycles. The van der Waals surface area contributed by atoms with Gasteiger partial charge in [0, 0.05) is 62.9 Å². The SMILES string of the molecule is Cc1cc(C)n(-c2cc(N3CC4CN(C(=O)c5ccc(=O)n(C)n5)CC4C3)ncn2)n1. The Kier molecular flexibility index (Phi) is 4.57. The number of nitrogens with zero attached hydrogens (tertiary/aromatic N) is 8. The second-order valence-electron chi connectivity index (χ2n) is 8.39. The zero-order valence-electron chi connectivity index (χ0n) is 17.8. The van der Waals surface area contributed by atoms with E-state index in [9.17, 15) is 9.59 Å². The van der Waals surface area contributed by atoms with Crippen molar-refractivity contribution in [3.05, 3.63) is 58.0 Å². The van der Waals surface area contributed by atoms with Crippen LogP contribution in [0.3, 0.4) is 0 Å². The molecule has 10 heteroatoms. The number of fused-ring (bicyclic) bond motifs is 1. The van der Waals surface area contributed by atoms with Gasteiger partial charge in [0.2, 0.25) is 0 Å². The highest BCUT2D eigenvalue weighted by Crippen LogP contribution is 2.34. The van der Waals surface area contributed by atoms with Gasteiger partial charge in [0.25, 0.3) is 11.5 Å². The molecule has 31 heavy (non-hydrogen) atoms. The average Bonchev–Trinajstić information content (AvgIpc) is 3.42. The zero-order chi connectivity index (χ0) is 21.7. The van der Waals surface area contributed by atoms with Crippen molar-refractivity contribution >= 4 is 11.7 Å². The predicted octanol–water partition coefficient (Wildman–Crippen LogP) is 0.581. The number of aryl methyl sites for hydroxylation is 3. The van der Waals surface area contributed by atoms with Crippen LogP contribution in [0.1, 0.15) is 21.9 Å². The van der Waals surface area contributed by atoms with E-state index in [-0.39, 0.29) is 11.5 Å². The lowest BCUT2D eigenvalue weighted by atomic mass is 10.0. The third-order valence-corrected chi connectivity index (χ3v) is 6.14. The number of carbonyl (C=O) groups excluding carboxylic acids is 1. The van der Waals surface area contributed by atoms with Gasteiger partial charge in [-0.05, 0) is 26.0 Å². The molecule has 2 saturated heterocycles. The molecule has 0 spiro atoms. The monoisotopic (exact) mass is 420 g/mol. The number of rotatable bonds is 3. The summed E-state index contributed by atoms with van der Waals surface area (Å²) in [5, 5.41) is 8.61. The maximum atomic E-state index is 12.8. The lowest BCUT2D eigenvalue weighted by Gasteiger charge is -2.22. The van der Waals surface area contributed by atoms with Gasteiger partial charge >= 0.3 is 0 Å². The van der Waals surface area contributed by atoms with E-state index >= 15 is 0 Å². The van der Waals surface area contributed by atoms with Gasteiger partial charge in [0.15, 0.2) is 5.82 Å². The highest BCUT2D eigenvalue weighted by Gasteiger charge is 2.42. The van der Waals surface area contributed by atoms with E-state index in [4.69, 9.17) is 0 Å². The Hall–Kier alpha value is -3.56. The van der Waals surface area contributed by atoms with Crippen LogP contribution in [-0.4, -0.2) is 66.5 Å². The standard InChI is InChI=1S/C21H24N8O2/c1-13-6-14(2)29(24-13)19-7-18(22-12-23-19)27-8-15-10-28(11-16(15)9-27)21(31)17-4-5-20(30)26(3)25-17/h4-7,12,15-16H,8-11H2,1-3H3. The fraction of sp³-hybridized carbons (Fsp3) is 0.429. The minimum absolute atomic E-state index is 0.120. The third kappa shape index (κ3) is 3.47. The second-order valence-corrected chi connectivity index (χ2v) is 8.39. The maximum absolute atomic E-state index is 12.8. The third-order valence-electron chi connectivity index (χ3n) is 6.14. The number of aromatic nitrogens is 6. The van der Waals surface area contributed by atoms with Crippen LogP contribution in [0.5, 0.6) is 0 Å². The first-order valence-electron chi connectivity index (χ1n) is 10.3. The number of hydrogen-bond donors (Lipinski definition) is 0. The molecule has 0 aromatic carbocycles. The molecule has 0 aliphatic carbocycles. The normalized spacial score (nSPS) is 20.4. The lowest BCUT2D eigenvalue weighted by Crippen LogP contribution is -2.35. The summed E-state index contributed by atoms with van der Waals surface area (Å²) in [6.45, 7) is 7.00. The Morgan fingerprint density at radius 1 is 0.968 bits per heavy atom. The molecule has 3 aromatic heterocycles. The summed E-state index contributed by atoms with van der Waals surface area (Å²) in [7, 11) is 1.55. The molecule has 2 aliphatic heterocycles. The highest BCUT2D eigenvalue weighted by atomic mass is 16.2. The van der Waals surface area contributed by atoms with E-state index in [0.717, 1.165) is 36.1 Å². The first kappa shape index (κ1) is 19.4. The van der Waals surface area contributed by atoms with E-state index in [1.807, 2.05) is 35.6 Å². The van der Waals surface area contributed by atoms with Crippen molar-refractivity contribution in [2.75, 3.05) is 31.1 Å². The van der Waals surface area contributed by atoms with E-state index in [1.165, 1.54) is 16.8 Å². The number of carbonyl (C=O) groups is 1. The minimum atomic E-state index is -0.227. The summed E-state index contributed by atoms with van der Waals surface area (Å²) in [6.07, 6.45) is 1.58. The molecule has 0 N–H and O–H groups in total. The maximum Gasteiger partial charge on any atom is 0.274 e. The molecule has 2 unspecified atom stereocenters. The molecule has 0 radical (unpaired) electrons. The molecular formula is C21H24N8O2. The van der Waals surface area contributed by atoms with Crippen molar-refractivity contribution in [2.45, 2.75) is 13.8 Å². The summed E-state index contributed by atoms with van der Waals surface area (Å²) in [6, 6.07) is 6.88. The predicted molar refractivity (Wildman–Crippen MR) is 113 cm³/mol. The Bertz CT molecular complexity index is 1200. The Morgan fingerprint density at radius 3 is 2.32 bits per heavy atom. The molecule has 5 heterocycles. The topological polar surface area (TPSA) is 102 Å². The molecule has 2 aliphatic rings. The number of likely N-dealkylation sites (tertiary alicyclic amines) is 1. The Balaban J connectivity index is 1.29. The summed E-state index contributed by atoms with van der Waals surface area (Å²) in [5.41, 5.74) is 2.06. The Labute approximate surface area is 179 Å². The Morgan fingerprint density at radius 2 is 1.68 bits per heavy atom. The summed E-state index contributed by atoms with van der Waals surface area (Å²) < 4.78 is 3.03.